The van der Waals surface area contributed by atoms with Crippen molar-refractivity contribution in [3.05, 3.63) is 24.0 Å². The number of hydrogen-bond donors (Lipinski definition) is 1. The first-order valence-electron chi connectivity index (χ1n) is 4.99. The van der Waals surface area contributed by atoms with Gasteiger partial charge >= 0.3 is 0 Å². The van der Waals surface area contributed by atoms with Crippen LogP contribution < -0.4 is 5.32 Å². The van der Waals surface area contributed by atoms with Gasteiger partial charge in [-0.25, -0.2) is 0 Å². The second kappa shape index (κ2) is 5.57. The van der Waals surface area contributed by atoms with E-state index in [-0.39, 0.29) is 0 Å². The molecule has 1 N–H and O–H groups in total. The summed E-state index contributed by atoms with van der Waals surface area (Å²) in [6, 6.07) is 4.09. The molecule has 1 aromatic heterocycles. The highest BCUT2D eigenvalue weighted by molar-refractivity contribution is 5.42. The summed E-state index contributed by atoms with van der Waals surface area (Å²) in [5.41, 5.74) is 2.25. The van der Waals surface area contributed by atoms with E-state index >= 15 is 0 Å². The molecule has 0 amide bonds. The van der Waals surface area contributed by atoms with Crippen LogP contribution in [-0.4, -0.2) is 11.5 Å². The molecule has 13 heavy (non-hydrogen) atoms. The summed E-state index contributed by atoms with van der Waals surface area (Å²) < 4.78 is 0. The Bertz CT molecular complexity index is 246. The van der Waals surface area contributed by atoms with Crippen LogP contribution in [0.3, 0.4) is 0 Å². The zero-order valence-corrected chi connectivity index (χ0v) is 8.51. The molecule has 1 aromatic rings. The molecule has 0 aliphatic heterocycles. The Morgan fingerprint density at radius 1 is 1.38 bits per heavy atom. The minimum absolute atomic E-state index is 1.07. The Morgan fingerprint density at radius 2 is 2.23 bits per heavy atom. The quantitative estimate of drug-likeness (QED) is 0.701. The monoisotopic (exact) mass is 178 g/mol. The van der Waals surface area contributed by atoms with Crippen molar-refractivity contribution >= 4 is 5.69 Å². The van der Waals surface area contributed by atoms with Crippen LogP contribution in [0.2, 0.25) is 0 Å². The first-order valence-corrected chi connectivity index (χ1v) is 4.99. The van der Waals surface area contributed by atoms with E-state index in [4.69, 9.17) is 0 Å². The van der Waals surface area contributed by atoms with Crippen molar-refractivity contribution < 1.29 is 0 Å². The number of nitrogens with one attached hydrogen (secondary N) is 1. The summed E-state index contributed by atoms with van der Waals surface area (Å²) in [6.07, 6.45) is 5.67. The zero-order chi connectivity index (χ0) is 9.52. The number of anilines is 1. The Morgan fingerprint density at radius 3 is 2.92 bits per heavy atom. The maximum absolute atomic E-state index is 4.14. The average molecular weight is 178 g/mol. The van der Waals surface area contributed by atoms with Crippen molar-refractivity contribution in [3.63, 3.8) is 0 Å². The van der Waals surface area contributed by atoms with E-state index in [1.54, 1.807) is 0 Å². The van der Waals surface area contributed by atoms with Gasteiger partial charge in [0.15, 0.2) is 0 Å². The third-order valence-corrected chi connectivity index (χ3v) is 2.01. The molecule has 0 radical (unpaired) electrons. The molecule has 0 spiro atoms. The highest BCUT2D eigenvalue weighted by atomic mass is 14.9. The molecular formula is C11H18N2. The molecule has 0 aliphatic rings. The molecule has 72 valence electrons. The summed E-state index contributed by atoms with van der Waals surface area (Å²) in [6.45, 7) is 5.30. The topological polar surface area (TPSA) is 24.9 Å². The summed E-state index contributed by atoms with van der Waals surface area (Å²) in [7, 11) is 0. The van der Waals surface area contributed by atoms with Gasteiger partial charge in [-0.05, 0) is 25.5 Å². The predicted molar refractivity (Wildman–Crippen MR) is 57.0 cm³/mol. The summed E-state index contributed by atoms with van der Waals surface area (Å²) >= 11 is 0. The molecule has 2 heteroatoms. The van der Waals surface area contributed by atoms with Crippen LogP contribution in [0.15, 0.2) is 18.3 Å². The normalized spacial score (nSPS) is 10.0. The summed E-state index contributed by atoms with van der Waals surface area (Å²) in [4.78, 5) is 4.14. The molecule has 2 nitrogen and oxygen atoms in total. The predicted octanol–water partition coefficient (Wildman–Crippen LogP) is 2.99. The number of aromatic nitrogens is 1. The van der Waals surface area contributed by atoms with Gasteiger partial charge in [0.2, 0.25) is 0 Å². The van der Waals surface area contributed by atoms with Crippen molar-refractivity contribution in [1.82, 2.24) is 4.98 Å². The van der Waals surface area contributed by atoms with Crippen LogP contribution in [0.1, 0.15) is 31.9 Å². The van der Waals surface area contributed by atoms with E-state index < -0.39 is 0 Å². The molecule has 1 rings (SSSR count). The Labute approximate surface area is 80.4 Å². The van der Waals surface area contributed by atoms with Crippen molar-refractivity contribution in [2.45, 2.75) is 33.1 Å². The Kier molecular flexibility index (Phi) is 4.30. The molecule has 0 aliphatic carbocycles. The lowest BCUT2D eigenvalue weighted by molar-refractivity contribution is 0.743. The fourth-order valence-electron chi connectivity index (χ4n) is 1.26. The van der Waals surface area contributed by atoms with Gasteiger partial charge in [-0.15, -0.1) is 0 Å². The van der Waals surface area contributed by atoms with Gasteiger partial charge in [0.25, 0.3) is 0 Å². The van der Waals surface area contributed by atoms with Crippen LogP contribution >= 0.6 is 0 Å². The van der Waals surface area contributed by atoms with E-state index in [1.165, 1.54) is 24.9 Å². The van der Waals surface area contributed by atoms with Gasteiger partial charge in [-0.2, -0.15) is 0 Å². The van der Waals surface area contributed by atoms with E-state index in [9.17, 15) is 0 Å². The number of nitrogens with zero attached hydrogens (tertiary/aromatic N) is 1. The summed E-state index contributed by atoms with van der Waals surface area (Å²) in [5.74, 6) is 0. The van der Waals surface area contributed by atoms with Crippen LogP contribution in [0.25, 0.3) is 0 Å². The first-order chi connectivity index (χ1) is 6.33. The second-order valence-corrected chi connectivity index (χ2v) is 3.32. The van der Waals surface area contributed by atoms with Crippen LogP contribution in [-0.2, 0) is 0 Å². The molecule has 0 fully saturated rings. The molecule has 0 aromatic carbocycles. The molecule has 0 bridgehead atoms. The van der Waals surface area contributed by atoms with Crippen LogP contribution in [0.5, 0.6) is 0 Å². The van der Waals surface area contributed by atoms with Crippen LogP contribution in [0.4, 0.5) is 5.69 Å². The van der Waals surface area contributed by atoms with Gasteiger partial charge in [0.1, 0.15) is 0 Å². The maximum Gasteiger partial charge on any atom is 0.0393 e. The van der Waals surface area contributed by atoms with Gasteiger partial charge in [-0.3, -0.25) is 4.98 Å². The third kappa shape index (κ3) is 3.92. The van der Waals surface area contributed by atoms with Crippen LogP contribution in [0, 0.1) is 6.92 Å². The SMILES string of the molecule is CCCCCNc1ccnc(C)c1. The number of unbranched alkanes of at least 4 members (excludes halogenated alkanes) is 2. The highest BCUT2D eigenvalue weighted by Gasteiger charge is 1.91. The Hall–Kier alpha value is -1.05. The summed E-state index contributed by atoms with van der Waals surface area (Å²) in [5, 5.41) is 3.38. The Balaban J connectivity index is 2.28. The maximum atomic E-state index is 4.14. The highest BCUT2D eigenvalue weighted by Crippen LogP contribution is 2.07. The van der Waals surface area contributed by atoms with Gasteiger partial charge in [0.05, 0.1) is 0 Å². The molecule has 0 saturated carbocycles. The van der Waals surface area contributed by atoms with Crippen molar-refractivity contribution in [3.8, 4) is 0 Å². The average Bonchev–Trinajstić information content (AvgIpc) is 2.13. The third-order valence-electron chi connectivity index (χ3n) is 2.01. The fraction of sp³-hybridized carbons (Fsp3) is 0.545. The lowest BCUT2D eigenvalue weighted by atomic mass is 10.2. The molecular weight excluding hydrogens is 160 g/mol. The minimum Gasteiger partial charge on any atom is -0.385 e. The van der Waals surface area contributed by atoms with E-state index in [0.29, 0.717) is 0 Å². The number of hydrogen-bond acceptors (Lipinski definition) is 2. The fourth-order valence-corrected chi connectivity index (χ4v) is 1.26. The zero-order valence-electron chi connectivity index (χ0n) is 8.51. The van der Waals surface area contributed by atoms with E-state index in [0.717, 1.165) is 12.2 Å². The van der Waals surface area contributed by atoms with E-state index in [2.05, 4.69) is 23.3 Å². The number of rotatable bonds is 5. The van der Waals surface area contributed by atoms with E-state index in [1.807, 2.05) is 19.2 Å². The molecule has 0 unspecified atom stereocenters. The standard InChI is InChI=1S/C11H18N2/c1-3-4-5-7-13-11-6-8-12-10(2)9-11/h6,8-9H,3-5,7H2,1-2H3,(H,12,13). The minimum atomic E-state index is 1.07. The molecule has 0 atom stereocenters. The van der Waals surface area contributed by atoms with Crippen molar-refractivity contribution in [2.75, 3.05) is 11.9 Å². The number of aryl methyl sites for hydroxylation is 1. The van der Waals surface area contributed by atoms with Crippen molar-refractivity contribution in [2.24, 2.45) is 0 Å². The molecule has 1 heterocycles. The lowest BCUT2D eigenvalue weighted by Crippen LogP contribution is -2.01. The number of pyridine rings is 1. The lowest BCUT2D eigenvalue weighted by Gasteiger charge is -2.05. The largest absolute Gasteiger partial charge is 0.385 e. The van der Waals surface area contributed by atoms with Gasteiger partial charge in [0, 0.05) is 24.1 Å². The second-order valence-electron chi connectivity index (χ2n) is 3.32. The van der Waals surface area contributed by atoms with Gasteiger partial charge < -0.3 is 5.32 Å². The first kappa shape index (κ1) is 10.0. The van der Waals surface area contributed by atoms with Crippen molar-refractivity contribution in [1.29, 1.82) is 0 Å². The smallest absolute Gasteiger partial charge is 0.0393 e. The molecule has 0 saturated heterocycles. The van der Waals surface area contributed by atoms with Gasteiger partial charge in [-0.1, -0.05) is 19.8 Å².